The lowest BCUT2D eigenvalue weighted by Crippen LogP contribution is -1.98. The van der Waals surface area contributed by atoms with Crippen LogP contribution in [0.2, 0.25) is 0 Å². The number of aryl methyl sites for hydroxylation is 1. The molecule has 0 aliphatic rings. The van der Waals surface area contributed by atoms with Crippen LogP contribution in [0.5, 0.6) is 23.0 Å². The molecule has 0 fully saturated rings. The van der Waals surface area contributed by atoms with E-state index in [0.717, 1.165) is 18.2 Å². The lowest BCUT2D eigenvalue weighted by molar-refractivity contribution is -0.432. The molecule has 0 saturated heterocycles. The summed E-state index contributed by atoms with van der Waals surface area (Å²) in [5.41, 5.74) is 1.60. The summed E-state index contributed by atoms with van der Waals surface area (Å²) < 4.78 is 81.6. The second-order valence-electron chi connectivity index (χ2n) is 13.1. The number of rotatable bonds is 15. The van der Waals surface area contributed by atoms with Gasteiger partial charge in [0.2, 0.25) is 0 Å². The maximum atomic E-state index is 12.1. The standard InChI is InChI=1S/C38H29N5O16S4/c1-18-7-30(34(55-2)17-29(18)40-42-31-15-25(62(49,50)51)12-21-10-24(60-58-56-47)14-33(45)36(21)31)41-43-37-35(61-59-57-48)13-20-9-23(4-6-28(20)38(37)46)39-22-3-5-27-19(8-22)11-26(16-32(27)44)63(52,53)54/h3-17,39,44-48H,1-2H3,(H,49,50,51)(H,52,53,54). The molecule has 63 heavy (non-hydrogen) atoms. The van der Waals surface area contributed by atoms with Crippen LogP contribution >= 0.6 is 24.1 Å². The van der Waals surface area contributed by atoms with Crippen molar-refractivity contribution in [1.29, 1.82) is 0 Å². The van der Waals surface area contributed by atoms with Gasteiger partial charge in [-0.15, -0.1) is 24.0 Å². The van der Waals surface area contributed by atoms with Gasteiger partial charge in [-0.2, -0.15) is 21.9 Å². The van der Waals surface area contributed by atoms with Crippen LogP contribution in [0.1, 0.15) is 5.56 Å². The van der Waals surface area contributed by atoms with Crippen molar-refractivity contribution < 1.29 is 75.3 Å². The predicted octanol–water partition coefficient (Wildman–Crippen LogP) is 10.5. The molecule has 0 radical (unpaired) electrons. The quantitative estimate of drug-likeness (QED) is 0.0156. The number of phenols is 3. The van der Waals surface area contributed by atoms with Crippen molar-refractivity contribution in [2.75, 3.05) is 12.4 Å². The molecule has 0 unspecified atom stereocenters. The Morgan fingerprint density at radius 2 is 1.21 bits per heavy atom. The summed E-state index contributed by atoms with van der Waals surface area (Å²) in [5.74, 6) is -0.921. The Hall–Kier alpha value is -6.20. The minimum absolute atomic E-state index is 0.0633. The number of aromatic hydroxyl groups is 3. The van der Waals surface area contributed by atoms with Gasteiger partial charge >= 0.3 is 0 Å². The van der Waals surface area contributed by atoms with E-state index in [4.69, 9.17) is 15.3 Å². The fraction of sp³-hybridized carbons (Fsp3) is 0.0526. The summed E-state index contributed by atoms with van der Waals surface area (Å²) in [4.78, 5) is -0.704. The first-order valence-electron chi connectivity index (χ1n) is 17.4. The molecule has 25 heteroatoms. The first-order valence-corrected chi connectivity index (χ1v) is 21.7. The molecule has 7 aromatic carbocycles. The molecule has 0 aromatic heterocycles. The van der Waals surface area contributed by atoms with Gasteiger partial charge in [-0.25, -0.2) is 10.5 Å². The van der Waals surface area contributed by atoms with Crippen LogP contribution in [-0.2, 0) is 39.0 Å². The van der Waals surface area contributed by atoms with Gasteiger partial charge in [0.15, 0.2) is 5.75 Å². The van der Waals surface area contributed by atoms with Gasteiger partial charge in [0.05, 0.1) is 62.6 Å². The number of nitrogens with zero attached hydrogens (tertiary/aromatic N) is 4. The second-order valence-corrected chi connectivity index (χ2v) is 17.5. The molecule has 0 aliphatic carbocycles. The molecule has 8 N–H and O–H groups in total. The second kappa shape index (κ2) is 18.3. The summed E-state index contributed by atoms with van der Waals surface area (Å²) in [6.45, 7) is 1.65. The van der Waals surface area contributed by atoms with Crippen molar-refractivity contribution in [3.63, 3.8) is 0 Å². The largest absolute Gasteiger partial charge is 0.507 e. The van der Waals surface area contributed by atoms with Crippen LogP contribution in [0.15, 0.2) is 131 Å². The molecule has 0 atom stereocenters. The lowest BCUT2D eigenvalue weighted by atomic mass is 10.1. The molecule has 7 rings (SSSR count). The predicted molar refractivity (Wildman–Crippen MR) is 227 cm³/mol. The highest BCUT2D eigenvalue weighted by Crippen LogP contribution is 2.46. The highest BCUT2D eigenvalue weighted by Gasteiger charge is 2.20. The van der Waals surface area contributed by atoms with Crippen LogP contribution in [0.4, 0.5) is 34.1 Å². The molecule has 0 bridgehead atoms. The molecular formula is C38H29N5O16S4. The maximum Gasteiger partial charge on any atom is 0.294 e. The Bertz CT molecular complexity index is 3240. The Balaban J connectivity index is 1.21. The minimum Gasteiger partial charge on any atom is -0.507 e. The highest BCUT2D eigenvalue weighted by atomic mass is 32.2. The van der Waals surface area contributed by atoms with E-state index in [-0.39, 0.29) is 66.3 Å². The number of nitrogens with one attached hydrogen (secondary N) is 1. The smallest absolute Gasteiger partial charge is 0.294 e. The van der Waals surface area contributed by atoms with Crippen LogP contribution < -0.4 is 10.1 Å². The Labute approximate surface area is 363 Å². The van der Waals surface area contributed by atoms with Crippen molar-refractivity contribution in [1.82, 2.24) is 0 Å². The SMILES string of the molecule is COc1cc(N=Nc2cc(S(=O)(=O)O)cc3cc(SOOO)cc(O)c23)c(C)cc1N=Nc1c(SOOO)cc2cc(Nc3ccc4c(O)cc(S(=O)(=O)O)cc4c3)ccc2c1O. The zero-order chi connectivity index (χ0) is 45.2. The van der Waals surface area contributed by atoms with E-state index in [0.29, 0.717) is 62.6 Å². The molecule has 7 aromatic rings. The van der Waals surface area contributed by atoms with Crippen molar-refractivity contribution in [2.45, 2.75) is 26.5 Å². The number of hydrogen-bond acceptors (Lipinski definition) is 21. The van der Waals surface area contributed by atoms with E-state index in [1.807, 2.05) is 0 Å². The third-order valence-electron chi connectivity index (χ3n) is 9.13. The number of hydrogen-bond donors (Lipinski definition) is 8. The Morgan fingerprint density at radius 1 is 0.603 bits per heavy atom. The van der Waals surface area contributed by atoms with Crippen molar-refractivity contribution in [2.24, 2.45) is 20.5 Å². The van der Waals surface area contributed by atoms with Gasteiger partial charge in [0.1, 0.15) is 28.6 Å². The molecule has 0 saturated carbocycles. The first-order chi connectivity index (χ1) is 30.0. The summed E-state index contributed by atoms with van der Waals surface area (Å²) in [7, 11) is -7.99. The average molecular weight is 940 g/mol. The summed E-state index contributed by atoms with van der Waals surface area (Å²) in [6, 6.07) is 21.1. The van der Waals surface area contributed by atoms with Crippen molar-refractivity contribution in [3.8, 4) is 23.0 Å². The third-order valence-corrected chi connectivity index (χ3v) is 12.0. The first kappa shape index (κ1) is 44.8. The van der Waals surface area contributed by atoms with Crippen LogP contribution in [0.25, 0.3) is 32.3 Å². The van der Waals surface area contributed by atoms with E-state index in [2.05, 4.69) is 44.5 Å². The molecule has 21 nitrogen and oxygen atoms in total. The topological polar surface area (TPSA) is 318 Å². The van der Waals surface area contributed by atoms with Gasteiger partial charge in [0.25, 0.3) is 20.2 Å². The number of phenolic OH excluding ortho intramolecular Hbond substituents is 3. The Morgan fingerprint density at radius 3 is 1.87 bits per heavy atom. The highest BCUT2D eigenvalue weighted by molar-refractivity contribution is 7.95. The van der Waals surface area contributed by atoms with Crippen LogP contribution in [0.3, 0.4) is 0 Å². The number of azo groups is 2. The average Bonchev–Trinajstić information content (AvgIpc) is 3.23. The fourth-order valence-corrected chi connectivity index (χ4v) is 8.34. The maximum absolute atomic E-state index is 12.1. The van der Waals surface area contributed by atoms with Crippen LogP contribution in [0, 0.1) is 6.92 Å². The van der Waals surface area contributed by atoms with Crippen molar-refractivity contribution in [3.05, 3.63) is 96.6 Å². The van der Waals surface area contributed by atoms with E-state index < -0.39 is 30.0 Å². The molecule has 0 heterocycles. The van der Waals surface area contributed by atoms with Gasteiger partial charge in [-0.05, 0) is 108 Å². The zero-order valence-electron chi connectivity index (χ0n) is 31.9. The van der Waals surface area contributed by atoms with E-state index in [9.17, 15) is 41.3 Å². The molecular weight excluding hydrogens is 911 g/mol. The number of anilines is 2. The van der Waals surface area contributed by atoms with Gasteiger partial charge < -0.3 is 25.4 Å². The number of fused-ring (bicyclic) bond motifs is 3. The minimum atomic E-state index is -4.75. The van der Waals surface area contributed by atoms with E-state index in [1.54, 1.807) is 49.4 Å². The monoisotopic (exact) mass is 939 g/mol. The molecule has 326 valence electrons. The number of methoxy groups -OCH3 is 1. The van der Waals surface area contributed by atoms with Gasteiger partial charge in [-0.1, -0.05) is 10.1 Å². The lowest BCUT2D eigenvalue weighted by Gasteiger charge is -2.13. The van der Waals surface area contributed by atoms with E-state index in [1.165, 1.54) is 37.4 Å². The van der Waals surface area contributed by atoms with E-state index >= 15 is 0 Å². The van der Waals surface area contributed by atoms with Gasteiger partial charge in [-0.3, -0.25) is 9.11 Å². The zero-order valence-corrected chi connectivity index (χ0v) is 35.2. The molecule has 0 spiro atoms. The Kier molecular flexibility index (Phi) is 13.0. The summed E-state index contributed by atoms with van der Waals surface area (Å²) >= 11 is 1.01. The van der Waals surface area contributed by atoms with Crippen LogP contribution in [-0.4, -0.2) is 58.9 Å². The molecule has 0 amide bonds. The summed E-state index contributed by atoms with van der Waals surface area (Å²) in [5, 5.41) is 79.2. The fourth-order valence-electron chi connectivity index (χ4n) is 6.33. The van der Waals surface area contributed by atoms with Crippen molar-refractivity contribution >= 4 is 111 Å². The number of benzene rings is 7. The number of ether oxygens (including phenoxy) is 1. The van der Waals surface area contributed by atoms with Gasteiger partial charge in [0, 0.05) is 39.2 Å². The summed E-state index contributed by atoms with van der Waals surface area (Å²) in [6.07, 6.45) is 0. The normalized spacial score (nSPS) is 12.3. The third kappa shape index (κ3) is 9.89. The molecule has 0 aliphatic heterocycles.